The second-order valence-electron chi connectivity index (χ2n) is 2.74. The summed E-state index contributed by atoms with van der Waals surface area (Å²) in [6, 6.07) is 0. The number of hydrogen-bond acceptors (Lipinski definition) is 0. The van der Waals surface area contributed by atoms with Crippen molar-refractivity contribution in [2.24, 2.45) is 0 Å². The fourth-order valence-corrected chi connectivity index (χ4v) is 0.470. The summed E-state index contributed by atoms with van der Waals surface area (Å²) in [7, 11) is 0. The topological polar surface area (TPSA) is 0 Å². The summed E-state index contributed by atoms with van der Waals surface area (Å²) in [6.07, 6.45) is -4.23. The van der Waals surface area contributed by atoms with E-state index in [-0.39, 0.29) is 0 Å². The second kappa shape index (κ2) is 3.47. The molecule has 0 aromatic carbocycles. The van der Waals surface area contributed by atoms with Crippen molar-refractivity contribution < 1.29 is 22.0 Å². The number of alkyl halides is 5. The molecule has 0 saturated heterocycles. The molecule has 0 bridgehead atoms. The van der Waals surface area contributed by atoms with Crippen molar-refractivity contribution in [3.05, 3.63) is 23.8 Å². The molecule has 0 aliphatic heterocycles. The SMILES string of the molecule is C=C(C=C(C)C(F)(F)F)C(C)(F)F. The molecule has 0 atom stereocenters. The minimum Gasteiger partial charge on any atom is -0.202 e. The Morgan fingerprint density at radius 3 is 1.77 bits per heavy atom. The van der Waals surface area contributed by atoms with Crippen molar-refractivity contribution in [1.29, 1.82) is 0 Å². The summed E-state index contributed by atoms with van der Waals surface area (Å²) in [5.41, 5.74) is -1.93. The second-order valence-corrected chi connectivity index (χ2v) is 2.74. The van der Waals surface area contributed by atoms with Crippen molar-refractivity contribution >= 4 is 0 Å². The zero-order valence-electron chi connectivity index (χ0n) is 7.17. The van der Waals surface area contributed by atoms with Crippen LogP contribution >= 0.6 is 0 Å². The van der Waals surface area contributed by atoms with Gasteiger partial charge in [0.05, 0.1) is 0 Å². The van der Waals surface area contributed by atoms with Crippen LogP contribution in [0.4, 0.5) is 22.0 Å². The Hall–Kier alpha value is -0.870. The zero-order chi connectivity index (χ0) is 10.9. The molecule has 0 fully saturated rings. The average molecular weight is 200 g/mol. The van der Waals surface area contributed by atoms with Crippen LogP contribution in [-0.2, 0) is 0 Å². The Balaban J connectivity index is 4.70. The van der Waals surface area contributed by atoms with Crippen molar-refractivity contribution in [1.82, 2.24) is 0 Å². The lowest BCUT2D eigenvalue weighted by atomic mass is 10.1. The zero-order valence-corrected chi connectivity index (χ0v) is 7.17. The first-order valence-corrected chi connectivity index (χ1v) is 3.38. The molecular weight excluding hydrogens is 191 g/mol. The minimum atomic E-state index is -4.58. The lowest BCUT2D eigenvalue weighted by Crippen LogP contribution is -2.14. The highest BCUT2D eigenvalue weighted by molar-refractivity contribution is 5.27. The van der Waals surface area contributed by atoms with Crippen molar-refractivity contribution in [2.45, 2.75) is 25.9 Å². The average Bonchev–Trinajstić information content (AvgIpc) is 1.82. The first kappa shape index (κ1) is 12.1. The largest absolute Gasteiger partial charge is 0.412 e. The highest BCUT2D eigenvalue weighted by atomic mass is 19.4. The first-order chi connectivity index (χ1) is 5.55. The molecule has 0 saturated carbocycles. The molecule has 0 spiro atoms. The van der Waals surface area contributed by atoms with Gasteiger partial charge in [-0.25, -0.2) is 8.78 Å². The van der Waals surface area contributed by atoms with Gasteiger partial charge in [-0.05, 0) is 13.0 Å². The highest BCUT2D eigenvalue weighted by Gasteiger charge is 2.32. The predicted octanol–water partition coefficient (Wildman–Crippen LogP) is 3.71. The van der Waals surface area contributed by atoms with Crippen molar-refractivity contribution in [2.75, 3.05) is 0 Å². The molecule has 0 radical (unpaired) electrons. The van der Waals surface area contributed by atoms with Crippen LogP contribution in [-0.4, -0.2) is 12.1 Å². The molecule has 0 aliphatic carbocycles. The summed E-state index contributed by atoms with van der Waals surface area (Å²) < 4.78 is 60.2. The summed E-state index contributed by atoms with van der Waals surface area (Å²) in [6.45, 7) is 4.07. The van der Waals surface area contributed by atoms with Crippen LogP contribution in [0.5, 0.6) is 0 Å². The number of halogens is 5. The van der Waals surface area contributed by atoms with Gasteiger partial charge >= 0.3 is 6.18 Å². The molecule has 0 nitrogen and oxygen atoms in total. The van der Waals surface area contributed by atoms with Gasteiger partial charge in [0, 0.05) is 18.1 Å². The third-order valence-electron chi connectivity index (χ3n) is 1.40. The van der Waals surface area contributed by atoms with Crippen LogP contribution < -0.4 is 0 Å². The maximum Gasteiger partial charge on any atom is 0.412 e. The molecule has 0 rings (SSSR count). The Morgan fingerprint density at radius 2 is 1.54 bits per heavy atom. The first-order valence-electron chi connectivity index (χ1n) is 3.38. The van der Waals surface area contributed by atoms with Crippen LogP contribution in [0.1, 0.15) is 13.8 Å². The van der Waals surface area contributed by atoms with E-state index in [4.69, 9.17) is 0 Å². The van der Waals surface area contributed by atoms with E-state index in [0.717, 1.165) is 6.92 Å². The van der Waals surface area contributed by atoms with E-state index < -0.39 is 23.2 Å². The van der Waals surface area contributed by atoms with Crippen molar-refractivity contribution in [3.8, 4) is 0 Å². The maximum atomic E-state index is 12.4. The van der Waals surface area contributed by atoms with E-state index in [2.05, 4.69) is 6.58 Å². The Kier molecular flexibility index (Phi) is 3.24. The van der Waals surface area contributed by atoms with E-state index >= 15 is 0 Å². The molecule has 0 aliphatic rings. The monoisotopic (exact) mass is 200 g/mol. The highest BCUT2D eigenvalue weighted by Crippen LogP contribution is 2.29. The normalized spacial score (nSPS) is 14.5. The molecule has 0 amide bonds. The number of rotatable bonds is 2. The van der Waals surface area contributed by atoms with Gasteiger partial charge in [-0.3, -0.25) is 0 Å². The molecule has 76 valence electrons. The van der Waals surface area contributed by atoms with Crippen LogP contribution in [0, 0.1) is 0 Å². The van der Waals surface area contributed by atoms with Gasteiger partial charge in [0.25, 0.3) is 5.92 Å². The summed E-state index contributed by atoms with van der Waals surface area (Å²) >= 11 is 0. The standard InChI is InChI=1S/C8H9F5/c1-5(7(3,9)10)4-6(2)8(11,12)13/h4H,1H2,2-3H3. The Bertz CT molecular complexity index is 228. The molecule has 0 aromatic rings. The number of allylic oxidation sites excluding steroid dienone is 3. The molecule has 13 heavy (non-hydrogen) atoms. The molecule has 0 unspecified atom stereocenters. The summed E-state index contributed by atoms with van der Waals surface area (Å²) in [5, 5.41) is 0. The van der Waals surface area contributed by atoms with Gasteiger partial charge in [-0.15, -0.1) is 0 Å². The third kappa shape index (κ3) is 4.05. The van der Waals surface area contributed by atoms with Crippen LogP contribution in [0.3, 0.4) is 0 Å². The fourth-order valence-electron chi connectivity index (χ4n) is 0.470. The smallest absolute Gasteiger partial charge is 0.202 e. The fraction of sp³-hybridized carbons (Fsp3) is 0.500. The molecule has 0 aromatic heterocycles. The summed E-state index contributed by atoms with van der Waals surface area (Å²) in [5.74, 6) is -3.31. The van der Waals surface area contributed by atoms with E-state index in [0.29, 0.717) is 13.0 Å². The van der Waals surface area contributed by atoms with E-state index in [1.54, 1.807) is 0 Å². The quantitative estimate of drug-likeness (QED) is 0.471. The van der Waals surface area contributed by atoms with Crippen LogP contribution in [0.25, 0.3) is 0 Å². The van der Waals surface area contributed by atoms with Gasteiger partial charge in [0.2, 0.25) is 0 Å². The predicted molar refractivity (Wildman–Crippen MR) is 39.6 cm³/mol. The summed E-state index contributed by atoms with van der Waals surface area (Å²) in [4.78, 5) is 0. The van der Waals surface area contributed by atoms with E-state index in [1.807, 2.05) is 0 Å². The lowest BCUT2D eigenvalue weighted by molar-refractivity contribution is -0.0915. The Labute approximate surface area is 72.7 Å². The molecule has 5 heteroatoms. The van der Waals surface area contributed by atoms with Gasteiger partial charge in [-0.1, -0.05) is 6.58 Å². The molecule has 0 N–H and O–H groups in total. The van der Waals surface area contributed by atoms with Crippen LogP contribution in [0.2, 0.25) is 0 Å². The lowest BCUT2D eigenvalue weighted by Gasteiger charge is -2.12. The van der Waals surface area contributed by atoms with E-state index in [9.17, 15) is 22.0 Å². The third-order valence-corrected chi connectivity index (χ3v) is 1.40. The van der Waals surface area contributed by atoms with Gasteiger partial charge in [0.1, 0.15) is 0 Å². The van der Waals surface area contributed by atoms with Crippen molar-refractivity contribution in [3.63, 3.8) is 0 Å². The van der Waals surface area contributed by atoms with Gasteiger partial charge < -0.3 is 0 Å². The molecule has 0 heterocycles. The Morgan fingerprint density at radius 1 is 1.15 bits per heavy atom. The minimum absolute atomic E-state index is 0.347. The van der Waals surface area contributed by atoms with Crippen LogP contribution in [0.15, 0.2) is 23.8 Å². The number of hydrogen-bond donors (Lipinski definition) is 0. The van der Waals surface area contributed by atoms with Gasteiger partial charge in [0.15, 0.2) is 0 Å². The maximum absolute atomic E-state index is 12.4. The van der Waals surface area contributed by atoms with E-state index in [1.165, 1.54) is 0 Å². The van der Waals surface area contributed by atoms with Gasteiger partial charge in [-0.2, -0.15) is 13.2 Å². The molecular formula is C8H9F5.